The fourth-order valence-electron chi connectivity index (χ4n) is 2.27. The fourth-order valence-corrected chi connectivity index (χ4v) is 2.27. The molecule has 0 saturated heterocycles. The predicted molar refractivity (Wildman–Crippen MR) is 69.4 cm³/mol. The number of aromatic amines is 1. The van der Waals surface area contributed by atoms with E-state index in [1.54, 1.807) is 23.7 Å². The number of hydrazine groups is 1. The number of rotatable bonds is 1. The first-order chi connectivity index (χ1) is 8.93. The van der Waals surface area contributed by atoms with E-state index in [9.17, 15) is 0 Å². The van der Waals surface area contributed by atoms with Crippen LogP contribution in [0.1, 0.15) is 0 Å². The van der Waals surface area contributed by atoms with E-state index in [4.69, 9.17) is 4.84 Å². The van der Waals surface area contributed by atoms with E-state index in [0.29, 0.717) is 0 Å². The maximum absolute atomic E-state index is 4.98. The van der Waals surface area contributed by atoms with Crippen LogP contribution in [0.25, 0.3) is 21.8 Å². The van der Waals surface area contributed by atoms with Crippen LogP contribution >= 0.6 is 0 Å². The number of fused-ring (bicyclic) bond motifs is 3. The van der Waals surface area contributed by atoms with Crippen LogP contribution in [0.2, 0.25) is 0 Å². The van der Waals surface area contributed by atoms with E-state index in [1.807, 2.05) is 18.2 Å². The summed E-state index contributed by atoms with van der Waals surface area (Å²) in [4.78, 5) is 12.8. The second-order valence-electron chi connectivity index (χ2n) is 4.09. The second-order valence-corrected chi connectivity index (χ2v) is 4.09. The van der Waals surface area contributed by atoms with Gasteiger partial charge in [0, 0.05) is 22.5 Å². The third-order valence-corrected chi connectivity index (χ3v) is 3.07. The van der Waals surface area contributed by atoms with E-state index in [-0.39, 0.29) is 0 Å². The summed E-state index contributed by atoms with van der Waals surface area (Å²) in [5.41, 5.74) is 4.84. The molecule has 0 spiro atoms. The van der Waals surface area contributed by atoms with Gasteiger partial charge in [0.1, 0.15) is 6.26 Å². The van der Waals surface area contributed by atoms with Crippen molar-refractivity contribution < 1.29 is 4.84 Å². The lowest BCUT2D eigenvalue weighted by molar-refractivity contribution is 0.158. The van der Waals surface area contributed by atoms with Crippen molar-refractivity contribution in [3.05, 3.63) is 49.0 Å². The Labute approximate surface area is 103 Å². The molecule has 0 bridgehead atoms. The first kappa shape index (κ1) is 9.49. The maximum atomic E-state index is 4.98. The van der Waals surface area contributed by atoms with Gasteiger partial charge in [0.25, 0.3) is 0 Å². The van der Waals surface area contributed by atoms with Crippen molar-refractivity contribution in [2.24, 2.45) is 0 Å². The van der Waals surface area contributed by atoms with Crippen molar-refractivity contribution in [2.75, 3.05) is 5.01 Å². The molecule has 1 aliphatic rings. The number of hydrogen-bond acceptors (Lipinski definition) is 4. The van der Waals surface area contributed by atoms with Crippen LogP contribution in [0.3, 0.4) is 0 Å². The standard InChI is InChI=1S/C13H10N4O/c1-2-4-11-9(3-1)10-5-6-14-13(12(10)15-11)17-7-8-18-16-17/h1-8,15-16H. The van der Waals surface area contributed by atoms with Crippen molar-refractivity contribution in [3.8, 4) is 0 Å². The lowest BCUT2D eigenvalue weighted by Gasteiger charge is -2.13. The van der Waals surface area contributed by atoms with Crippen LogP contribution in [-0.4, -0.2) is 9.97 Å². The molecule has 18 heavy (non-hydrogen) atoms. The number of hydrogen-bond donors (Lipinski definition) is 2. The molecule has 0 amide bonds. The summed E-state index contributed by atoms with van der Waals surface area (Å²) in [6.07, 6.45) is 5.15. The highest BCUT2D eigenvalue weighted by molar-refractivity contribution is 6.10. The zero-order chi connectivity index (χ0) is 11.9. The van der Waals surface area contributed by atoms with Crippen LogP contribution in [0.4, 0.5) is 5.82 Å². The van der Waals surface area contributed by atoms with Crippen molar-refractivity contribution in [1.29, 1.82) is 0 Å². The van der Waals surface area contributed by atoms with Gasteiger partial charge in [-0.2, -0.15) is 0 Å². The lowest BCUT2D eigenvalue weighted by atomic mass is 10.2. The molecule has 2 aromatic heterocycles. The number of benzene rings is 1. The Morgan fingerprint density at radius 3 is 2.94 bits per heavy atom. The summed E-state index contributed by atoms with van der Waals surface area (Å²) >= 11 is 0. The van der Waals surface area contributed by atoms with Gasteiger partial charge in [-0.3, -0.25) is 0 Å². The molecular weight excluding hydrogens is 228 g/mol. The molecule has 5 heteroatoms. The monoisotopic (exact) mass is 238 g/mol. The number of anilines is 1. The Morgan fingerprint density at radius 1 is 1.11 bits per heavy atom. The molecule has 2 N–H and O–H groups in total. The first-order valence-electron chi connectivity index (χ1n) is 5.66. The molecule has 88 valence electrons. The third kappa shape index (κ3) is 1.22. The molecule has 0 atom stereocenters. The third-order valence-electron chi connectivity index (χ3n) is 3.07. The van der Waals surface area contributed by atoms with Crippen LogP contribution in [0, 0.1) is 0 Å². The molecule has 0 unspecified atom stereocenters. The molecule has 3 aromatic rings. The Bertz CT molecular complexity index is 762. The Balaban J connectivity index is 2.06. The SMILES string of the molecule is C1=CN(c2nccc3c2[nH]c2ccccc23)NO1. The average molecular weight is 238 g/mol. The van der Waals surface area contributed by atoms with Gasteiger partial charge in [-0.05, 0) is 12.1 Å². The number of pyridine rings is 1. The average Bonchev–Trinajstić information content (AvgIpc) is 3.05. The molecule has 0 radical (unpaired) electrons. The smallest absolute Gasteiger partial charge is 0.174 e. The minimum Gasteiger partial charge on any atom is -0.395 e. The zero-order valence-electron chi connectivity index (χ0n) is 9.42. The second kappa shape index (κ2) is 3.48. The minimum absolute atomic E-state index is 0.789. The molecule has 0 saturated carbocycles. The van der Waals surface area contributed by atoms with E-state index in [1.165, 1.54) is 5.39 Å². The van der Waals surface area contributed by atoms with Gasteiger partial charge in [-0.25, -0.2) is 9.99 Å². The molecule has 0 fully saturated rings. The van der Waals surface area contributed by atoms with Gasteiger partial charge in [-0.1, -0.05) is 23.8 Å². The molecule has 1 aromatic carbocycles. The van der Waals surface area contributed by atoms with Gasteiger partial charge < -0.3 is 9.82 Å². The van der Waals surface area contributed by atoms with Crippen molar-refractivity contribution in [2.45, 2.75) is 0 Å². The van der Waals surface area contributed by atoms with Crippen LogP contribution in [0.5, 0.6) is 0 Å². The quantitative estimate of drug-likeness (QED) is 0.683. The minimum atomic E-state index is 0.789. The predicted octanol–water partition coefficient (Wildman–Crippen LogP) is 2.44. The first-order valence-corrected chi connectivity index (χ1v) is 5.66. The molecule has 5 nitrogen and oxygen atoms in total. The number of H-pyrrole nitrogens is 1. The summed E-state index contributed by atoms with van der Waals surface area (Å²) in [7, 11) is 0. The van der Waals surface area contributed by atoms with Gasteiger partial charge in [0.05, 0.1) is 11.7 Å². The van der Waals surface area contributed by atoms with E-state index in [0.717, 1.165) is 22.2 Å². The number of nitrogens with one attached hydrogen (secondary N) is 2. The Kier molecular flexibility index (Phi) is 1.84. The van der Waals surface area contributed by atoms with E-state index < -0.39 is 0 Å². The van der Waals surface area contributed by atoms with Crippen molar-refractivity contribution in [3.63, 3.8) is 0 Å². The summed E-state index contributed by atoms with van der Waals surface area (Å²) in [5.74, 6) is 0.789. The van der Waals surface area contributed by atoms with Crippen LogP contribution in [-0.2, 0) is 4.84 Å². The van der Waals surface area contributed by atoms with Crippen molar-refractivity contribution >= 4 is 27.6 Å². The molecular formula is C13H10N4O. The summed E-state index contributed by atoms with van der Waals surface area (Å²) in [5, 5.41) is 4.08. The zero-order valence-corrected chi connectivity index (χ0v) is 9.42. The van der Waals surface area contributed by atoms with Gasteiger partial charge in [-0.15, -0.1) is 0 Å². The Morgan fingerprint density at radius 2 is 2.06 bits per heavy atom. The van der Waals surface area contributed by atoms with Gasteiger partial charge in [0.2, 0.25) is 0 Å². The topological polar surface area (TPSA) is 53.2 Å². The maximum Gasteiger partial charge on any atom is 0.174 e. The summed E-state index contributed by atoms with van der Waals surface area (Å²) in [6, 6.07) is 10.2. The number of nitrogens with zero attached hydrogens (tertiary/aromatic N) is 2. The highest BCUT2D eigenvalue weighted by Gasteiger charge is 2.15. The van der Waals surface area contributed by atoms with Crippen LogP contribution in [0.15, 0.2) is 49.0 Å². The Hall–Kier alpha value is -2.53. The highest BCUT2D eigenvalue weighted by atomic mass is 16.7. The number of para-hydroxylation sites is 1. The fraction of sp³-hybridized carbons (Fsp3) is 0. The van der Waals surface area contributed by atoms with Gasteiger partial charge >= 0.3 is 0 Å². The normalized spacial score (nSPS) is 14.6. The molecule has 4 rings (SSSR count). The van der Waals surface area contributed by atoms with Gasteiger partial charge in [0.15, 0.2) is 5.82 Å². The molecule has 1 aliphatic heterocycles. The highest BCUT2D eigenvalue weighted by Crippen LogP contribution is 2.30. The van der Waals surface area contributed by atoms with E-state index in [2.05, 4.69) is 27.7 Å². The van der Waals surface area contributed by atoms with E-state index >= 15 is 0 Å². The number of aromatic nitrogens is 2. The van der Waals surface area contributed by atoms with Crippen molar-refractivity contribution in [1.82, 2.24) is 15.6 Å². The largest absolute Gasteiger partial charge is 0.395 e. The summed E-state index contributed by atoms with van der Waals surface area (Å²) < 4.78 is 0. The lowest BCUT2D eigenvalue weighted by Crippen LogP contribution is -2.27. The summed E-state index contributed by atoms with van der Waals surface area (Å²) in [6.45, 7) is 0. The molecule has 3 heterocycles. The van der Waals surface area contributed by atoms with Crippen LogP contribution < -0.4 is 10.6 Å². The molecule has 0 aliphatic carbocycles.